The first-order valence-corrected chi connectivity index (χ1v) is 6.00. The molecule has 0 aromatic heterocycles. The highest BCUT2D eigenvalue weighted by atomic mass is 19.4. The molecule has 1 aromatic carbocycles. The van der Waals surface area contributed by atoms with Crippen LogP contribution in [0.5, 0.6) is 0 Å². The Kier molecular flexibility index (Phi) is 3.20. The monoisotopic (exact) mass is 272 g/mol. The molecule has 2 rings (SSSR count). The summed E-state index contributed by atoms with van der Waals surface area (Å²) in [6.07, 6.45) is -4.16. The standard InChI is InChI=1S/C13H15F3N2O/c1-7-5-12(19)18(8(7)2)9-3-4-11(17)10(6-9)13(14,15)16/h3-4,6-8H,5,17H2,1-2H3/t7?,8-/m0/s1. The lowest BCUT2D eigenvalue weighted by atomic mass is 10.0. The van der Waals surface area contributed by atoms with E-state index in [1.54, 1.807) is 0 Å². The Labute approximate surface area is 109 Å². The quantitative estimate of drug-likeness (QED) is 0.799. The molecule has 0 bridgehead atoms. The van der Waals surface area contributed by atoms with Crippen molar-refractivity contribution in [1.82, 2.24) is 0 Å². The fourth-order valence-electron chi connectivity index (χ4n) is 2.34. The van der Waals surface area contributed by atoms with E-state index in [-0.39, 0.29) is 29.2 Å². The van der Waals surface area contributed by atoms with Crippen LogP contribution in [0.3, 0.4) is 0 Å². The molecule has 0 aliphatic carbocycles. The van der Waals surface area contributed by atoms with Gasteiger partial charge >= 0.3 is 6.18 Å². The van der Waals surface area contributed by atoms with Crippen molar-refractivity contribution >= 4 is 17.3 Å². The number of rotatable bonds is 1. The summed E-state index contributed by atoms with van der Waals surface area (Å²) < 4.78 is 38.4. The first-order chi connectivity index (χ1) is 8.71. The zero-order chi connectivity index (χ0) is 14.4. The number of benzene rings is 1. The second-order valence-corrected chi connectivity index (χ2v) is 4.96. The molecule has 2 atom stereocenters. The van der Waals surface area contributed by atoms with Gasteiger partial charge in [-0.25, -0.2) is 0 Å². The summed E-state index contributed by atoms with van der Waals surface area (Å²) in [5.74, 6) is -0.0303. The zero-order valence-corrected chi connectivity index (χ0v) is 10.7. The van der Waals surface area contributed by atoms with Crippen molar-refractivity contribution in [1.29, 1.82) is 0 Å². The topological polar surface area (TPSA) is 46.3 Å². The van der Waals surface area contributed by atoms with Crippen LogP contribution < -0.4 is 10.6 Å². The van der Waals surface area contributed by atoms with Crippen molar-refractivity contribution in [3.8, 4) is 0 Å². The van der Waals surface area contributed by atoms with Crippen LogP contribution in [0.2, 0.25) is 0 Å². The van der Waals surface area contributed by atoms with Gasteiger partial charge in [0.05, 0.1) is 5.56 Å². The minimum absolute atomic E-state index is 0.114. The zero-order valence-electron chi connectivity index (χ0n) is 10.7. The van der Waals surface area contributed by atoms with E-state index < -0.39 is 11.7 Å². The highest BCUT2D eigenvalue weighted by molar-refractivity contribution is 5.96. The molecule has 1 saturated heterocycles. The van der Waals surface area contributed by atoms with E-state index in [0.29, 0.717) is 6.42 Å². The molecule has 3 nitrogen and oxygen atoms in total. The molecular weight excluding hydrogens is 257 g/mol. The van der Waals surface area contributed by atoms with Gasteiger partial charge in [0, 0.05) is 23.8 Å². The van der Waals surface area contributed by atoms with Crippen LogP contribution in [0.1, 0.15) is 25.8 Å². The van der Waals surface area contributed by atoms with E-state index in [9.17, 15) is 18.0 Å². The van der Waals surface area contributed by atoms with Crippen molar-refractivity contribution in [2.75, 3.05) is 10.6 Å². The van der Waals surface area contributed by atoms with Crippen molar-refractivity contribution < 1.29 is 18.0 Å². The number of amides is 1. The van der Waals surface area contributed by atoms with Gasteiger partial charge in [-0.15, -0.1) is 0 Å². The van der Waals surface area contributed by atoms with E-state index in [1.165, 1.54) is 17.0 Å². The summed E-state index contributed by atoms with van der Waals surface area (Å²) in [7, 11) is 0. The van der Waals surface area contributed by atoms with Gasteiger partial charge in [0.2, 0.25) is 5.91 Å². The number of nitrogens with zero attached hydrogens (tertiary/aromatic N) is 1. The number of carbonyl (C=O) groups excluding carboxylic acids is 1. The summed E-state index contributed by atoms with van der Waals surface area (Å²) in [6.45, 7) is 3.74. The van der Waals surface area contributed by atoms with Gasteiger partial charge in [-0.3, -0.25) is 4.79 Å². The maximum absolute atomic E-state index is 12.8. The summed E-state index contributed by atoms with van der Waals surface area (Å²) in [5.41, 5.74) is 4.37. The average molecular weight is 272 g/mol. The molecule has 1 unspecified atom stereocenters. The van der Waals surface area contributed by atoms with Crippen LogP contribution >= 0.6 is 0 Å². The Morgan fingerprint density at radius 3 is 2.42 bits per heavy atom. The fraction of sp³-hybridized carbons (Fsp3) is 0.462. The first-order valence-electron chi connectivity index (χ1n) is 6.00. The van der Waals surface area contributed by atoms with Crippen LogP contribution in [0.4, 0.5) is 24.5 Å². The lowest BCUT2D eigenvalue weighted by Gasteiger charge is -2.24. The Hall–Kier alpha value is -1.72. The minimum Gasteiger partial charge on any atom is -0.398 e. The van der Waals surface area contributed by atoms with Crippen LogP contribution in [-0.4, -0.2) is 11.9 Å². The maximum atomic E-state index is 12.8. The number of carbonyl (C=O) groups is 1. The molecule has 1 aromatic rings. The van der Waals surface area contributed by atoms with Crippen molar-refractivity contribution in [2.24, 2.45) is 5.92 Å². The molecule has 0 spiro atoms. The second-order valence-electron chi connectivity index (χ2n) is 4.96. The number of anilines is 2. The van der Waals surface area contributed by atoms with Gasteiger partial charge in [-0.1, -0.05) is 6.92 Å². The molecule has 19 heavy (non-hydrogen) atoms. The van der Waals surface area contributed by atoms with E-state index >= 15 is 0 Å². The third-order valence-corrected chi connectivity index (χ3v) is 3.62. The first kappa shape index (κ1) is 13.7. The third-order valence-electron chi connectivity index (χ3n) is 3.62. The molecule has 1 heterocycles. The number of halogens is 3. The van der Waals surface area contributed by atoms with E-state index in [2.05, 4.69) is 0 Å². The van der Waals surface area contributed by atoms with Crippen LogP contribution in [0, 0.1) is 5.92 Å². The van der Waals surface area contributed by atoms with Gasteiger partial charge < -0.3 is 10.6 Å². The highest BCUT2D eigenvalue weighted by Crippen LogP contribution is 2.38. The highest BCUT2D eigenvalue weighted by Gasteiger charge is 2.37. The van der Waals surface area contributed by atoms with E-state index in [1.807, 2.05) is 13.8 Å². The van der Waals surface area contributed by atoms with Gasteiger partial charge in [0.1, 0.15) is 0 Å². The van der Waals surface area contributed by atoms with E-state index in [0.717, 1.165) is 6.07 Å². The maximum Gasteiger partial charge on any atom is 0.418 e. The smallest absolute Gasteiger partial charge is 0.398 e. The van der Waals surface area contributed by atoms with Crippen molar-refractivity contribution in [3.63, 3.8) is 0 Å². The minimum atomic E-state index is -4.52. The van der Waals surface area contributed by atoms with Crippen molar-refractivity contribution in [2.45, 2.75) is 32.5 Å². The summed E-state index contributed by atoms with van der Waals surface area (Å²) in [6, 6.07) is 3.48. The predicted molar refractivity (Wildman–Crippen MR) is 66.6 cm³/mol. The number of hydrogen-bond donors (Lipinski definition) is 1. The van der Waals surface area contributed by atoms with Crippen LogP contribution in [-0.2, 0) is 11.0 Å². The van der Waals surface area contributed by atoms with E-state index in [4.69, 9.17) is 5.73 Å². The molecule has 1 amide bonds. The number of hydrogen-bond acceptors (Lipinski definition) is 2. The van der Waals surface area contributed by atoms with Gasteiger partial charge in [-0.2, -0.15) is 13.2 Å². The SMILES string of the molecule is CC1CC(=O)N(c2ccc(N)c(C(F)(F)F)c2)[C@H]1C. The Morgan fingerprint density at radius 2 is 1.95 bits per heavy atom. The number of alkyl halides is 3. The summed E-state index contributed by atoms with van der Waals surface area (Å²) in [4.78, 5) is 13.3. The largest absolute Gasteiger partial charge is 0.418 e. The Morgan fingerprint density at radius 1 is 1.32 bits per heavy atom. The predicted octanol–water partition coefficient (Wildman–Crippen LogP) is 3.05. The Bertz CT molecular complexity index is 513. The molecule has 0 saturated carbocycles. The Balaban J connectivity index is 2.45. The lowest BCUT2D eigenvalue weighted by Crippen LogP contribution is -2.32. The molecule has 104 valence electrons. The van der Waals surface area contributed by atoms with Crippen molar-refractivity contribution in [3.05, 3.63) is 23.8 Å². The molecule has 1 aliphatic heterocycles. The van der Waals surface area contributed by atoms with Gasteiger partial charge in [-0.05, 0) is 31.0 Å². The number of nitrogens with two attached hydrogens (primary N) is 1. The molecule has 1 aliphatic rings. The summed E-state index contributed by atoms with van der Waals surface area (Å²) in [5, 5.41) is 0. The molecular formula is C13H15F3N2O. The van der Waals surface area contributed by atoms with Crippen LogP contribution in [0.25, 0.3) is 0 Å². The third kappa shape index (κ3) is 2.39. The fourth-order valence-corrected chi connectivity index (χ4v) is 2.34. The van der Waals surface area contributed by atoms with Gasteiger partial charge in [0.25, 0.3) is 0 Å². The second kappa shape index (κ2) is 4.43. The normalized spacial score (nSPS) is 24.1. The summed E-state index contributed by atoms with van der Waals surface area (Å²) >= 11 is 0. The lowest BCUT2D eigenvalue weighted by molar-refractivity contribution is -0.137. The number of nitrogen functional groups attached to an aromatic ring is 1. The molecule has 2 N–H and O–H groups in total. The molecule has 0 radical (unpaired) electrons. The molecule has 1 fully saturated rings. The molecule has 6 heteroatoms. The van der Waals surface area contributed by atoms with Crippen LogP contribution in [0.15, 0.2) is 18.2 Å². The average Bonchev–Trinajstić information content (AvgIpc) is 2.53. The van der Waals surface area contributed by atoms with Gasteiger partial charge in [0.15, 0.2) is 0 Å².